The van der Waals surface area contributed by atoms with Crippen molar-refractivity contribution in [1.29, 1.82) is 0 Å². The SMILES string of the molecule is C=C/C=C/C(=O)CCCCCCCCC. The Morgan fingerprint density at radius 2 is 1.67 bits per heavy atom. The number of allylic oxidation sites excluding steroid dienone is 3. The van der Waals surface area contributed by atoms with Gasteiger partial charge < -0.3 is 0 Å². The van der Waals surface area contributed by atoms with Crippen molar-refractivity contribution >= 4 is 5.78 Å². The maximum atomic E-state index is 11.2. The van der Waals surface area contributed by atoms with Gasteiger partial charge in [-0.15, -0.1) is 0 Å². The van der Waals surface area contributed by atoms with Crippen molar-refractivity contribution in [2.75, 3.05) is 0 Å². The van der Waals surface area contributed by atoms with Crippen LogP contribution in [-0.2, 0) is 4.79 Å². The van der Waals surface area contributed by atoms with Crippen LogP contribution < -0.4 is 0 Å². The van der Waals surface area contributed by atoms with Crippen molar-refractivity contribution in [3.63, 3.8) is 0 Å². The van der Waals surface area contributed by atoms with Crippen molar-refractivity contribution in [3.8, 4) is 0 Å². The van der Waals surface area contributed by atoms with Crippen LogP contribution in [0.25, 0.3) is 0 Å². The van der Waals surface area contributed by atoms with Crippen LogP contribution in [-0.4, -0.2) is 5.78 Å². The minimum absolute atomic E-state index is 0.225. The van der Waals surface area contributed by atoms with Gasteiger partial charge in [0, 0.05) is 6.42 Å². The normalized spacial score (nSPS) is 10.7. The molecule has 0 aliphatic carbocycles. The van der Waals surface area contributed by atoms with Gasteiger partial charge in [0.1, 0.15) is 0 Å². The lowest BCUT2D eigenvalue weighted by atomic mass is 10.1. The zero-order chi connectivity index (χ0) is 11.4. The quantitative estimate of drug-likeness (QED) is 0.295. The number of carbonyl (C=O) groups excluding carboxylic acids is 1. The van der Waals surface area contributed by atoms with Gasteiger partial charge in [-0.3, -0.25) is 4.79 Å². The average Bonchev–Trinajstić information content (AvgIpc) is 2.25. The van der Waals surface area contributed by atoms with Crippen molar-refractivity contribution < 1.29 is 4.79 Å². The van der Waals surface area contributed by atoms with Gasteiger partial charge in [0.2, 0.25) is 0 Å². The molecule has 0 aliphatic heterocycles. The predicted octanol–water partition coefficient (Wildman–Crippen LogP) is 4.44. The Labute approximate surface area is 94.3 Å². The minimum atomic E-state index is 0.225. The van der Waals surface area contributed by atoms with E-state index >= 15 is 0 Å². The van der Waals surface area contributed by atoms with Gasteiger partial charge in [-0.2, -0.15) is 0 Å². The predicted molar refractivity (Wildman–Crippen MR) is 67.0 cm³/mol. The summed E-state index contributed by atoms with van der Waals surface area (Å²) in [5, 5.41) is 0. The Balaban J connectivity index is 3.20. The van der Waals surface area contributed by atoms with Crippen LogP contribution in [0.3, 0.4) is 0 Å². The van der Waals surface area contributed by atoms with Crippen LogP contribution in [0.4, 0.5) is 0 Å². The van der Waals surface area contributed by atoms with Gasteiger partial charge in [-0.1, -0.05) is 64.2 Å². The number of rotatable bonds is 10. The second kappa shape index (κ2) is 11.2. The fourth-order valence-electron chi connectivity index (χ4n) is 1.52. The van der Waals surface area contributed by atoms with E-state index in [2.05, 4.69) is 13.5 Å². The van der Waals surface area contributed by atoms with E-state index in [1.807, 2.05) is 0 Å². The Kier molecular flexibility index (Phi) is 10.6. The first kappa shape index (κ1) is 14.2. The highest BCUT2D eigenvalue weighted by atomic mass is 16.1. The zero-order valence-electron chi connectivity index (χ0n) is 10.0. The number of hydrogen-bond donors (Lipinski definition) is 0. The lowest BCUT2D eigenvalue weighted by molar-refractivity contribution is -0.114. The van der Waals surface area contributed by atoms with Crippen molar-refractivity contribution in [3.05, 3.63) is 24.8 Å². The van der Waals surface area contributed by atoms with E-state index in [1.54, 1.807) is 18.2 Å². The topological polar surface area (TPSA) is 17.1 Å². The van der Waals surface area contributed by atoms with Crippen LogP contribution in [0.5, 0.6) is 0 Å². The van der Waals surface area contributed by atoms with Crippen LogP contribution in [0.15, 0.2) is 24.8 Å². The monoisotopic (exact) mass is 208 g/mol. The maximum absolute atomic E-state index is 11.2. The van der Waals surface area contributed by atoms with Gasteiger partial charge in [0.25, 0.3) is 0 Å². The Hall–Kier alpha value is -0.850. The molecule has 0 spiro atoms. The van der Waals surface area contributed by atoms with Gasteiger partial charge in [-0.25, -0.2) is 0 Å². The van der Waals surface area contributed by atoms with E-state index in [4.69, 9.17) is 0 Å². The third kappa shape index (κ3) is 11.1. The maximum Gasteiger partial charge on any atom is 0.155 e. The number of hydrogen-bond acceptors (Lipinski definition) is 1. The molecule has 0 saturated heterocycles. The van der Waals surface area contributed by atoms with Crippen LogP contribution in [0.1, 0.15) is 58.3 Å². The Bertz CT molecular complexity index is 192. The molecule has 0 aromatic rings. The molecule has 0 radical (unpaired) electrons. The summed E-state index contributed by atoms with van der Waals surface area (Å²) < 4.78 is 0. The van der Waals surface area contributed by atoms with Gasteiger partial charge in [-0.05, 0) is 12.5 Å². The zero-order valence-corrected chi connectivity index (χ0v) is 10.0. The lowest BCUT2D eigenvalue weighted by Gasteiger charge is -1.99. The molecule has 0 rings (SSSR count). The molecule has 0 atom stereocenters. The summed E-state index contributed by atoms with van der Waals surface area (Å²) in [5.41, 5.74) is 0. The number of carbonyl (C=O) groups is 1. The second-order valence-corrected chi connectivity index (χ2v) is 3.93. The Morgan fingerprint density at radius 1 is 1.07 bits per heavy atom. The van der Waals surface area contributed by atoms with Gasteiger partial charge in [0.15, 0.2) is 5.78 Å². The van der Waals surface area contributed by atoms with E-state index < -0.39 is 0 Å². The molecule has 0 aromatic carbocycles. The molecule has 0 aliphatic rings. The standard InChI is InChI=1S/C14H24O/c1-3-5-7-8-9-10-11-13-14(15)12-6-4-2/h4,6,12H,2-3,5,7-11,13H2,1H3/b12-6+. The van der Waals surface area contributed by atoms with Crippen molar-refractivity contribution in [2.45, 2.75) is 58.3 Å². The molecule has 0 bridgehead atoms. The van der Waals surface area contributed by atoms with E-state index in [0.717, 1.165) is 6.42 Å². The summed E-state index contributed by atoms with van der Waals surface area (Å²) in [6.45, 7) is 5.76. The molecule has 15 heavy (non-hydrogen) atoms. The summed E-state index contributed by atoms with van der Waals surface area (Å²) in [5.74, 6) is 0.225. The Morgan fingerprint density at radius 3 is 2.27 bits per heavy atom. The van der Waals surface area contributed by atoms with Crippen LogP contribution >= 0.6 is 0 Å². The minimum Gasteiger partial charge on any atom is -0.295 e. The fourth-order valence-corrected chi connectivity index (χ4v) is 1.52. The summed E-state index contributed by atoms with van der Waals surface area (Å²) >= 11 is 0. The first-order valence-electron chi connectivity index (χ1n) is 6.13. The lowest BCUT2D eigenvalue weighted by Crippen LogP contribution is -1.91. The number of ketones is 1. The van der Waals surface area contributed by atoms with E-state index in [0.29, 0.717) is 6.42 Å². The molecule has 86 valence electrons. The largest absolute Gasteiger partial charge is 0.295 e. The second-order valence-electron chi connectivity index (χ2n) is 3.93. The van der Waals surface area contributed by atoms with E-state index in [1.165, 1.54) is 38.5 Å². The highest BCUT2D eigenvalue weighted by Crippen LogP contribution is 2.08. The van der Waals surface area contributed by atoms with Crippen molar-refractivity contribution in [1.82, 2.24) is 0 Å². The van der Waals surface area contributed by atoms with E-state index in [-0.39, 0.29) is 5.78 Å². The molecule has 0 heterocycles. The first-order chi connectivity index (χ1) is 7.31. The fraction of sp³-hybridized carbons (Fsp3) is 0.643. The van der Waals surface area contributed by atoms with Crippen LogP contribution in [0.2, 0.25) is 0 Å². The summed E-state index contributed by atoms with van der Waals surface area (Å²) in [4.78, 5) is 11.2. The molecule has 0 fully saturated rings. The van der Waals surface area contributed by atoms with Crippen LogP contribution in [0, 0.1) is 0 Å². The first-order valence-corrected chi connectivity index (χ1v) is 6.13. The molecular weight excluding hydrogens is 184 g/mol. The summed E-state index contributed by atoms with van der Waals surface area (Å²) in [7, 11) is 0. The molecular formula is C14H24O. The number of unbranched alkanes of at least 4 members (excludes halogenated alkanes) is 6. The molecule has 0 unspecified atom stereocenters. The molecule has 0 aromatic heterocycles. The summed E-state index contributed by atoms with van der Waals surface area (Å²) in [6.07, 6.45) is 14.5. The van der Waals surface area contributed by atoms with Gasteiger partial charge >= 0.3 is 0 Å². The van der Waals surface area contributed by atoms with Gasteiger partial charge in [0.05, 0.1) is 0 Å². The highest BCUT2D eigenvalue weighted by Gasteiger charge is 1.96. The molecule has 0 amide bonds. The van der Waals surface area contributed by atoms with Crippen molar-refractivity contribution in [2.24, 2.45) is 0 Å². The third-order valence-electron chi connectivity index (χ3n) is 2.44. The smallest absolute Gasteiger partial charge is 0.155 e. The highest BCUT2D eigenvalue weighted by molar-refractivity contribution is 5.89. The molecule has 1 nitrogen and oxygen atoms in total. The molecule has 0 N–H and O–H groups in total. The van der Waals surface area contributed by atoms with E-state index in [9.17, 15) is 4.79 Å². The molecule has 0 saturated carbocycles. The third-order valence-corrected chi connectivity index (χ3v) is 2.44. The molecule has 1 heteroatoms. The summed E-state index contributed by atoms with van der Waals surface area (Å²) in [6, 6.07) is 0. The average molecular weight is 208 g/mol.